The van der Waals surface area contributed by atoms with Crippen LogP contribution in [0.3, 0.4) is 0 Å². The monoisotopic (exact) mass is 293 g/mol. The van der Waals surface area contributed by atoms with E-state index >= 15 is 0 Å². The highest BCUT2D eigenvalue weighted by atomic mass is 32.1. The molecule has 0 aromatic carbocycles. The second-order valence-corrected chi connectivity index (χ2v) is 4.99. The zero-order valence-electron chi connectivity index (χ0n) is 11.5. The summed E-state index contributed by atoms with van der Waals surface area (Å²) in [6, 6.07) is 0.233. The van der Waals surface area contributed by atoms with Crippen molar-refractivity contribution in [2.45, 2.75) is 6.54 Å². The molecule has 1 N–H and O–H groups in total. The fraction of sp³-hybridized carbons (Fsp3) is 0.333. The number of carbonyl (C=O) groups excluding carboxylic acids is 1. The van der Waals surface area contributed by atoms with E-state index in [0.29, 0.717) is 12.1 Å². The maximum Gasteiger partial charge on any atom is 0.316 e. The van der Waals surface area contributed by atoms with Gasteiger partial charge in [0.05, 0.1) is 24.9 Å². The van der Waals surface area contributed by atoms with Gasteiger partial charge in [-0.25, -0.2) is 15.0 Å². The Morgan fingerprint density at radius 3 is 2.65 bits per heavy atom. The summed E-state index contributed by atoms with van der Waals surface area (Å²) in [7, 11) is 5.32. The van der Waals surface area contributed by atoms with Crippen LogP contribution >= 0.6 is 11.3 Å². The first-order chi connectivity index (χ1) is 9.60. The Bertz CT molecular complexity index is 582. The third-order valence-electron chi connectivity index (χ3n) is 2.43. The maximum atomic E-state index is 11.9. The van der Waals surface area contributed by atoms with E-state index in [9.17, 15) is 4.79 Å². The summed E-state index contributed by atoms with van der Waals surface area (Å²) in [6.07, 6.45) is 2.85. The summed E-state index contributed by atoms with van der Waals surface area (Å²) in [4.78, 5) is 26.0. The van der Waals surface area contributed by atoms with E-state index in [1.165, 1.54) is 30.8 Å². The number of hydrogen-bond donors (Lipinski definition) is 1. The van der Waals surface area contributed by atoms with E-state index in [1.807, 2.05) is 24.4 Å². The molecular formula is C12H15N5O2S. The van der Waals surface area contributed by atoms with Crippen molar-refractivity contribution >= 4 is 22.4 Å². The second-order valence-electron chi connectivity index (χ2n) is 4.16. The Labute approximate surface area is 120 Å². The third-order valence-corrected chi connectivity index (χ3v) is 3.48. The van der Waals surface area contributed by atoms with Crippen LogP contribution in [0.15, 0.2) is 17.8 Å². The number of anilines is 1. The second kappa shape index (κ2) is 6.29. The van der Waals surface area contributed by atoms with Crippen molar-refractivity contribution < 1.29 is 9.53 Å². The molecule has 0 fully saturated rings. The number of carbonyl (C=O) groups is 1. The van der Waals surface area contributed by atoms with Crippen LogP contribution in [0.1, 0.15) is 16.1 Å². The van der Waals surface area contributed by atoms with Crippen molar-refractivity contribution in [1.29, 1.82) is 0 Å². The van der Waals surface area contributed by atoms with Crippen molar-refractivity contribution in [2.24, 2.45) is 0 Å². The first kappa shape index (κ1) is 14.2. The predicted molar refractivity (Wildman–Crippen MR) is 76.2 cm³/mol. The number of nitrogens with one attached hydrogen (secondary N) is 1. The van der Waals surface area contributed by atoms with Crippen LogP contribution in [-0.4, -0.2) is 42.1 Å². The number of thiazole rings is 1. The number of methoxy groups -OCH3 is 1. The van der Waals surface area contributed by atoms with Crippen LogP contribution in [0.25, 0.3) is 0 Å². The first-order valence-electron chi connectivity index (χ1n) is 5.86. The van der Waals surface area contributed by atoms with Crippen LogP contribution in [0.4, 0.5) is 5.13 Å². The summed E-state index contributed by atoms with van der Waals surface area (Å²) in [6.45, 7) is 0.370. The molecule has 0 aliphatic rings. The molecule has 20 heavy (non-hydrogen) atoms. The van der Waals surface area contributed by atoms with Crippen molar-refractivity contribution in [3.8, 4) is 6.01 Å². The van der Waals surface area contributed by atoms with Gasteiger partial charge in [-0.1, -0.05) is 0 Å². The van der Waals surface area contributed by atoms with Crippen LogP contribution in [0.5, 0.6) is 6.01 Å². The van der Waals surface area contributed by atoms with Gasteiger partial charge in [0.2, 0.25) is 0 Å². The van der Waals surface area contributed by atoms with E-state index in [-0.39, 0.29) is 11.9 Å². The van der Waals surface area contributed by atoms with Gasteiger partial charge < -0.3 is 15.0 Å². The van der Waals surface area contributed by atoms with E-state index < -0.39 is 0 Å². The van der Waals surface area contributed by atoms with Gasteiger partial charge in [-0.05, 0) is 0 Å². The van der Waals surface area contributed by atoms with Gasteiger partial charge in [0.15, 0.2) is 5.13 Å². The molecule has 8 heteroatoms. The summed E-state index contributed by atoms with van der Waals surface area (Å²) >= 11 is 1.53. The lowest BCUT2D eigenvalue weighted by Crippen LogP contribution is -2.23. The van der Waals surface area contributed by atoms with Gasteiger partial charge >= 0.3 is 6.01 Å². The smallest absolute Gasteiger partial charge is 0.316 e. The van der Waals surface area contributed by atoms with E-state index in [1.54, 1.807) is 0 Å². The maximum absolute atomic E-state index is 11.9. The van der Waals surface area contributed by atoms with E-state index in [2.05, 4.69) is 20.3 Å². The Hall–Kier alpha value is -2.22. The number of nitrogens with zero attached hydrogens (tertiary/aromatic N) is 4. The molecule has 0 atom stereocenters. The summed E-state index contributed by atoms with van der Waals surface area (Å²) in [5.41, 5.74) is 1.20. The minimum atomic E-state index is -0.243. The molecule has 0 radical (unpaired) electrons. The molecule has 2 rings (SSSR count). The molecule has 2 heterocycles. The van der Waals surface area contributed by atoms with Gasteiger partial charge in [-0.2, -0.15) is 0 Å². The Morgan fingerprint density at radius 1 is 1.40 bits per heavy atom. The summed E-state index contributed by atoms with van der Waals surface area (Å²) in [5.74, 6) is -0.243. The molecular weight excluding hydrogens is 278 g/mol. The highest BCUT2D eigenvalue weighted by Crippen LogP contribution is 2.17. The van der Waals surface area contributed by atoms with Crippen LogP contribution in [0.2, 0.25) is 0 Å². The Balaban J connectivity index is 1.93. The molecule has 106 valence electrons. The summed E-state index contributed by atoms with van der Waals surface area (Å²) in [5, 5.41) is 5.59. The van der Waals surface area contributed by atoms with Gasteiger partial charge in [0.25, 0.3) is 5.91 Å². The number of rotatable bonds is 5. The van der Waals surface area contributed by atoms with Gasteiger partial charge in [-0.15, -0.1) is 11.3 Å². The predicted octanol–water partition coefficient (Wildman–Crippen LogP) is 0.938. The number of aromatic nitrogens is 3. The van der Waals surface area contributed by atoms with Gasteiger partial charge in [0, 0.05) is 31.9 Å². The molecule has 0 bridgehead atoms. The molecule has 0 aliphatic carbocycles. The lowest BCUT2D eigenvalue weighted by molar-refractivity contribution is 0.0949. The molecule has 2 aromatic heterocycles. The molecule has 0 aliphatic heterocycles. The number of ether oxygens (including phenoxy) is 1. The zero-order chi connectivity index (χ0) is 14.5. The van der Waals surface area contributed by atoms with Crippen molar-refractivity contribution in [2.75, 3.05) is 26.1 Å². The lowest BCUT2D eigenvalue weighted by atomic mass is 10.3. The quantitative estimate of drug-likeness (QED) is 0.883. The normalized spacial score (nSPS) is 10.2. The number of hydrogen-bond acceptors (Lipinski definition) is 7. The number of amides is 1. The highest BCUT2D eigenvalue weighted by Gasteiger charge is 2.09. The van der Waals surface area contributed by atoms with Gasteiger partial charge in [-0.3, -0.25) is 4.79 Å². The largest absolute Gasteiger partial charge is 0.467 e. The topological polar surface area (TPSA) is 80.2 Å². The molecule has 7 nitrogen and oxygen atoms in total. The molecule has 0 saturated carbocycles. The Morgan fingerprint density at radius 2 is 2.10 bits per heavy atom. The highest BCUT2D eigenvalue weighted by molar-refractivity contribution is 7.13. The fourth-order valence-electron chi connectivity index (χ4n) is 1.39. The average molecular weight is 293 g/mol. The molecule has 0 spiro atoms. The van der Waals surface area contributed by atoms with Crippen LogP contribution < -0.4 is 15.0 Å². The standard InChI is InChI=1S/C12H15N5O2S/c1-17(2)12-16-9(7-20-12)6-13-10(18)8-4-14-11(19-3)15-5-8/h4-5,7H,6H2,1-3H3,(H,13,18). The van der Waals surface area contributed by atoms with Gasteiger partial charge in [0.1, 0.15) is 0 Å². The molecule has 0 unspecified atom stereocenters. The Kier molecular flexibility index (Phi) is 4.46. The minimum Gasteiger partial charge on any atom is -0.467 e. The molecule has 0 saturated heterocycles. The summed E-state index contributed by atoms with van der Waals surface area (Å²) < 4.78 is 4.84. The van der Waals surface area contributed by atoms with E-state index in [0.717, 1.165) is 10.8 Å². The zero-order valence-corrected chi connectivity index (χ0v) is 12.3. The van der Waals surface area contributed by atoms with Crippen LogP contribution in [-0.2, 0) is 6.54 Å². The lowest BCUT2D eigenvalue weighted by Gasteiger charge is -2.06. The molecule has 1 amide bonds. The van der Waals surface area contributed by atoms with Crippen LogP contribution in [0, 0.1) is 0 Å². The van der Waals surface area contributed by atoms with Crippen molar-refractivity contribution in [1.82, 2.24) is 20.3 Å². The fourth-order valence-corrected chi connectivity index (χ4v) is 2.15. The van der Waals surface area contributed by atoms with E-state index in [4.69, 9.17) is 4.74 Å². The minimum absolute atomic E-state index is 0.233. The van der Waals surface area contributed by atoms with Crippen molar-refractivity contribution in [3.05, 3.63) is 29.0 Å². The first-order valence-corrected chi connectivity index (χ1v) is 6.74. The SMILES string of the molecule is COc1ncc(C(=O)NCc2csc(N(C)C)n2)cn1. The molecule has 2 aromatic rings. The third kappa shape index (κ3) is 3.41. The average Bonchev–Trinajstić information content (AvgIpc) is 2.94. The van der Waals surface area contributed by atoms with Crippen molar-refractivity contribution in [3.63, 3.8) is 0 Å².